The van der Waals surface area contributed by atoms with E-state index in [2.05, 4.69) is 10.2 Å². The predicted octanol–water partition coefficient (Wildman–Crippen LogP) is 1.75. The minimum Gasteiger partial charge on any atom is -0.486 e. The number of carbonyl (C=O) groups excluding carboxylic acids is 1. The van der Waals surface area contributed by atoms with E-state index >= 15 is 0 Å². The lowest BCUT2D eigenvalue weighted by Gasteiger charge is -2.17. The van der Waals surface area contributed by atoms with Crippen LogP contribution in [-0.4, -0.2) is 51.4 Å². The Kier molecular flexibility index (Phi) is 5.03. The van der Waals surface area contributed by atoms with Gasteiger partial charge in [0.1, 0.15) is 23.8 Å². The van der Waals surface area contributed by atoms with Crippen molar-refractivity contribution in [1.82, 2.24) is 15.1 Å². The summed E-state index contributed by atoms with van der Waals surface area (Å²) in [7, 11) is 0. The zero-order valence-corrected chi connectivity index (χ0v) is 14.3. The monoisotopic (exact) mass is 347 g/mol. The van der Waals surface area contributed by atoms with Crippen molar-refractivity contribution < 1.29 is 19.0 Å². The number of carbonyl (C=O) groups is 1. The topological polar surface area (TPSA) is 78.5 Å². The van der Waals surface area contributed by atoms with Crippen LogP contribution in [0.5, 0.6) is 5.75 Å². The lowest BCUT2D eigenvalue weighted by molar-refractivity contribution is -0.130. The number of aromatic nitrogens is 2. The average molecular weight is 347 g/mol. The molecule has 0 radical (unpaired) electrons. The molecule has 1 fully saturated rings. The van der Waals surface area contributed by atoms with Crippen molar-refractivity contribution >= 4 is 5.91 Å². The van der Waals surface area contributed by atoms with Crippen molar-refractivity contribution in [2.75, 3.05) is 13.1 Å². The molecule has 1 aromatic heterocycles. The van der Waals surface area contributed by atoms with Crippen molar-refractivity contribution in [3.63, 3.8) is 0 Å². The molecule has 6 nitrogen and oxygen atoms in total. The standard InChI is InChI=1S/C18H22FN3O3/c1-11-15(12(2)21-20-11)6-7-18(24)22-9-16(23)17(10-22)25-14-5-3-4-13(19)8-14/h3-5,8,16-17,23H,6-7,9-10H2,1-2H3,(H,20,21)/t16-,17-/m1/s1. The molecule has 1 saturated heterocycles. The molecule has 7 heteroatoms. The van der Waals surface area contributed by atoms with Crippen LogP contribution in [0.4, 0.5) is 4.39 Å². The third-order valence-corrected chi connectivity index (χ3v) is 4.54. The molecule has 0 spiro atoms. The van der Waals surface area contributed by atoms with Gasteiger partial charge in [0.05, 0.1) is 18.8 Å². The Morgan fingerprint density at radius 2 is 2.24 bits per heavy atom. The van der Waals surface area contributed by atoms with Gasteiger partial charge in [-0.2, -0.15) is 5.10 Å². The van der Waals surface area contributed by atoms with Gasteiger partial charge in [-0.05, 0) is 38.0 Å². The maximum atomic E-state index is 13.2. The number of H-pyrrole nitrogens is 1. The molecule has 1 amide bonds. The number of β-amino-alcohol motifs (C(OH)–C–C–N with tert-alkyl or cyclic N) is 1. The number of aryl methyl sites for hydroxylation is 2. The normalized spacial score (nSPS) is 20.1. The first kappa shape index (κ1) is 17.4. The molecule has 0 unspecified atom stereocenters. The summed E-state index contributed by atoms with van der Waals surface area (Å²) in [4.78, 5) is 14.0. The van der Waals surface area contributed by atoms with Crippen LogP contribution in [-0.2, 0) is 11.2 Å². The van der Waals surface area contributed by atoms with Crippen molar-refractivity contribution in [3.05, 3.63) is 47.0 Å². The second-order valence-corrected chi connectivity index (χ2v) is 6.39. The number of likely N-dealkylation sites (tertiary alicyclic amines) is 1. The van der Waals surface area contributed by atoms with Gasteiger partial charge in [0.2, 0.25) is 5.91 Å². The van der Waals surface area contributed by atoms with Crippen LogP contribution in [0.25, 0.3) is 0 Å². The number of aliphatic hydroxyl groups excluding tert-OH is 1. The largest absolute Gasteiger partial charge is 0.486 e. The van der Waals surface area contributed by atoms with Gasteiger partial charge in [-0.3, -0.25) is 9.89 Å². The molecule has 0 aliphatic carbocycles. The van der Waals surface area contributed by atoms with E-state index < -0.39 is 18.0 Å². The van der Waals surface area contributed by atoms with E-state index in [1.807, 2.05) is 13.8 Å². The third-order valence-electron chi connectivity index (χ3n) is 4.54. The number of nitrogens with zero attached hydrogens (tertiary/aromatic N) is 2. The molecule has 2 heterocycles. The van der Waals surface area contributed by atoms with Gasteiger partial charge in [-0.15, -0.1) is 0 Å². The maximum absolute atomic E-state index is 13.2. The second-order valence-electron chi connectivity index (χ2n) is 6.39. The van der Waals surface area contributed by atoms with Gasteiger partial charge in [0, 0.05) is 18.2 Å². The molecular weight excluding hydrogens is 325 g/mol. The van der Waals surface area contributed by atoms with E-state index in [1.54, 1.807) is 17.0 Å². The molecule has 134 valence electrons. The number of amides is 1. The van der Waals surface area contributed by atoms with E-state index in [-0.39, 0.29) is 12.5 Å². The second kappa shape index (κ2) is 7.23. The van der Waals surface area contributed by atoms with Crippen LogP contribution in [0.15, 0.2) is 24.3 Å². The molecule has 0 saturated carbocycles. The van der Waals surface area contributed by atoms with E-state index in [9.17, 15) is 14.3 Å². The fourth-order valence-corrected chi connectivity index (χ4v) is 3.12. The number of benzene rings is 1. The van der Waals surface area contributed by atoms with Crippen LogP contribution in [0.3, 0.4) is 0 Å². The Hall–Kier alpha value is -2.41. The average Bonchev–Trinajstić information content (AvgIpc) is 3.09. The molecule has 25 heavy (non-hydrogen) atoms. The van der Waals surface area contributed by atoms with E-state index in [1.165, 1.54) is 12.1 Å². The first-order valence-electron chi connectivity index (χ1n) is 8.32. The molecule has 2 N–H and O–H groups in total. The van der Waals surface area contributed by atoms with Gasteiger partial charge in [0.25, 0.3) is 0 Å². The summed E-state index contributed by atoms with van der Waals surface area (Å²) in [5.41, 5.74) is 2.93. The van der Waals surface area contributed by atoms with Crippen molar-refractivity contribution in [3.8, 4) is 5.75 Å². The number of ether oxygens (including phenoxy) is 1. The van der Waals surface area contributed by atoms with Crippen LogP contribution in [0.1, 0.15) is 23.4 Å². The molecule has 1 aliphatic rings. The van der Waals surface area contributed by atoms with Gasteiger partial charge in [-0.1, -0.05) is 6.07 Å². The molecule has 2 atom stereocenters. The first-order valence-corrected chi connectivity index (χ1v) is 8.32. The quantitative estimate of drug-likeness (QED) is 0.864. The summed E-state index contributed by atoms with van der Waals surface area (Å²) < 4.78 is 18.9. The minimum absolute atomic E-state index is 0.0376. The minimum atomic E-state index is -0.787. The van der Waals surface area contributed by atoms with Crippen LogP contribution in [0, 0.1) is 19.7 Å². The number of aromatic amines is 1. The zero-order chi connectivity index (χ0) is 18.0. The number of rotatable bonds is 5. The molecule has 2 aromatic rings. The summed E-state index contributed by atoms with van der Waals surface area (Å²) in [5, 5.41) is 17.2. The molecule has 0 bridgehead atoms. The summed E-state index contributed by atoms with van der Waals surface area (Å²) >= 11 is 0. The predicted molar refractivity (Wildman–Crippen MR) is 89.8 cm³/mol. The molecular formula is C18H22FN3O3. The number of aliphatic hydroxyl groups is 1. The SMILES string of the molecule is Cc1n[nH]c(C)c1CCC(=O)N1C[C@@H](O)[C@H](Oc2cccc(F)c2)C1. The van der Waals surface area contributed by atoms with E-state index in [0.717, 1.165) is 17.0 Å². The highest BCUT2D eigenvalue weighted by Crippen LogP contribution is 2.21. The number of halogens is 1. The zero-order valence-electron chi connectivity index (χ0n) is 14.3. The Labute approximate surface area is 145 Å². The number of hydrogen-bond acceptors (Lipinski definition) is 4. The highest BCUT2D eigenvalue weighted by Gasteiger charge is 2.35. The maximum Gasteiger partial charge on any atom is 0.223 e. The molecule has 1 aliphatic heterocycles. The fraction of sp³-hybridized carbons (Fsp3) is 0.444. The van der Waals surface area contributed by atoms with Crippen LogP contribution in [0.2, 0.25) is 0 Å². The fourth-order valence-electron chi connectivity index (χ4n) is 3.12. The lowest BCUT2D eigenvalue weighted by atomic mass is 10.1. The Morgan fingerprint density at radius 3 is 2.92 bits per heavy atom. The van der Waals surface area contributed by atoms with Gasteiger partial charge < -0.3 is 14.7 Å². The summed E-state index contributed by atoms with van der Waals surface area (Å²) in [5.74, 6) is -0.0869. The Balaban J connectivity index is 1.56. The summed E-state index contributed by atoms with van der Waals surface area (Å²) in [6.07, 6.45) is -0.386. The highest BCUT2D eigenvalue weighted by molar-refractivity contribution is 5.77. The van der Waals surface area contributed by atoms with Gasteiger partial charge in [-0.25, -0.2) is 4.39 Å². The number of hydrogen-bond donors (Lipinski definition) is 2. The third kappa shape index (κ3) is 3.99. The number of nitrogens with one attached hydrogen (secondary N) is 1. The smallest absolute Gasteiger partial charge is 0.223 e. The van der Waals surface area contributed by atoms with Crippen LogP contribution >= 0.6 is 0 Å². The van der Waals surface area contributed by atoms with Gasteiger partial charge >= 0.3 is 0 Å². The summed E-state index contributed by atoms with van der Waals surface area (Å²) in [6.45, 7) is 4.36. The Bertz CT molecular complexity index is 742. The van der Waals surface area contributed by atoms with E-state index in [0.29, 0.717) is 25.1 Å². The molecule has 1 aromatic carbocycles. The molecule has 3 rings (SSSR count). The lowest BCUT2D eigenvalue weighted by Crippen LogP contribution is -2.31. The highest BCUT2D eigenvalue weighted by atomic mass is 19.1. The summed E-state index contributed by atoms with van der Waals surface area (Å²) in [6, 6.07) is 5.77. The van der Waals surface area contributed by atoms with Crippen molar-refractivity contribution in [2.24, 2.45) is 0 Å². The van der Waals surface area contributed by atoms with Crippen molar-refractivity contribution in [1.29, 1.82) is 0 Å². The van der Waals surface area contributed by atoms with Crippen LogP contribution < -0.4 is 4.74 Å². The Morgan fingerprint density at radius 1 is 1.44 bits per heavy atom. The first-order chi connectivity index (χ1) is 11.9. The van der Waals surface area contributed by atoms with Gasteiger partial charge in [0.15, 0.2) is 0 Å². The van der Waals surface area contributed by atoms with Crippen molar-refractivity contribution in [2.45, 2.75) is 38.9 Å². The van der Waals surface area contributed by atoms with E-state index in [4.69, 9.17) is 4.74 Å².